The van der Waals surface area contributed by atoms with Crippen molar-refractivity contribution >= 4 is 21.7 Å². The van der Waals surface area contributed by atoms with Gasteiger partial charge in [-0.2, -0.15) is 8.42 Å². The number of aliphatic hydroxyl groups is 1. The third-order valence-corrected chi connectivity index (χ3v) is 6.55. The fourth-order valence-electron chi connectivity index (χ4n) is 3.61. The van der Waals surface area contributed by atoms with Crippen molar-refractivity contribution in [3.63, 3.8) is 0 Å². The number of ether oxygens (including phenoxy) is 1. The molecule has 1 amide bonds. The third kappa shape index (κ3) is 6.38. The lowest BCUT2D eigenvalue weighted by molar-refractivity contribution is 0.0978. The molecule has 0 atom stereocenters. The topological polar surface area (TPSA) is 131 Å². The molecular formula is C26H32N4O5S. The average Bonchev–Trinajstić information content (AvgIpc) is 2.79. The molecule has 3 rings (SSSR count). The standard InChI is InChI=1S/C26H32N4O5S/c1-16-14-17(2)23(18(3)15-16)35-25-19(10-11-20(28-25)26(4,5)6)24(32)30-36(33,34)22-9-7-8-21(29-22)27-12-13-31/h7-11,14-15,31H,12-13H2,1-6H3,(H,27,29)(H,30,32). The van der Waals surface area contributed by atoms with Crippen LogP contribution in [0.1, 0.15) is 53.5 Å². The molecule has 0 spiro atoms. The molecule has 9 nitrogen and oxygen atoms in total. The fourth-order valence-corrected chi connectivity index (χ4v) is 4.54. The number of rotatable bonds is 8. The molecule has 3 N–H and O–H groups in total. The summed E-state index contributed by atoms with van der Waals surface area (Å²) in [5.41, 5.74) is 3.13. The molecule has 0 radical (unpaired) electrons. The lowest BCUT2D eigenvalue weighted by Crippen LogP contribution is -2.32. The van der Waals surface area contributed by atoms with Gasteiger partial charge in [-0.15, -0.1) is 0 Å². The van der Waals surface area contributed by atoms with Crippen molar-refractivity contribution in [2.45, 2.75) is 52.0 Å². The first-order valence-electron chi connectivity index (χ1n) is 11.5. The Morgan fingerprint density at radius 1 is 1.03 bits per heavy atom. The molecule has 0 bridgehead atoms. The number of aryl methyl sites for hydroxylation is 3. The Balaban J connectivity index is 1.99. The highest BCUT2D eigenvalue weighted by molar-refractivity contribution is 7.90. The maximum absolute atomic E-state index is 13.2. The molecule has 0 unspecified atom stereocenters. The maximum Gasteiger partial charge on any atom is 0.281 e. The molecule has 1 aromatic carbocycles. The van der Waals surface area contributed by atoms with Gasteiger partial charge < -0.3 is 15.2 Å². The van der Waals surface area contributed by atoms with Crippen LogP contribution in [0.5, 0.6) is 11.6 Å². The molecule has 0 saturated carbocycles. The fraction of sp³-hybridized carbons (Fsp3) is 0.346. The molecule has 2 heterocycles. The lowest BCUT2D eigenvalue weighted by atomic mass is 9.91. The van der Waals surface area contributed by atoms with E-state index in [4.69, 9.17) is 9.84 Å². The summed E-state index contributed by atoms with van der Waals surface area (Å²) in [5.74, 6) is -0.0716. The monoisotopic (exact) mass is 512 g/mol. The molecule has 192 valence electrons. The van der Waals surface area contributed by atoms with Gasteiger partial charge in [-0.05, 0) is 56.2 Å². The van der Waals surface area contributed by atoms with Crippen molar-refractivity contribution in [2.75, 3.05) is 18.5 Å². The van der Waals surface area contributed by atoms with Crippen LogP contribution in [0.4, 0.5) is 5.82 Å². The largest absolute Gasteiger partial charge is 0.438 e. The highest BCUT2D eigenvalue weighted by Gasteiger charge is 2.26. The van der Waals surface area contributed by atoms with E-state index in [9.17, 15) is 13.2 Å². The van der Waals surface area contributed by atoms with E-state index in [-0.39, 0.29) is 40.9 Å². The van der Waals surface area contributed by atoms with Gasteiger partial charge in [0.15, 0.2) is 5.03 Å². The summed E-state index contributed by atoms with van der Waals surface area (Å²) in [6.45, 7) is 11.8. The molecular weight excluding hydrogens is 480 g/mol. The first kappa shape index (κ1) is 27.1. The first-order valence-corrected chi connectivity index (χ1v) is 13.0. The third-order valence-electron chi connectivity index (χ3n) is 5.32. The number of carbonyl (C=O) groups excluding carboxylic acids is 1. The average molecular weight is 513 g/mol. The number of aromatic nitrogens is 2. The molecule has 0 aliphatic rings. The minimum Gasteiger partial charge on any atom is -0.438 e. The number of carbonyl (C=O) groups is 1. The van der Waals surface area contributed by atoms with Crippen LogP contribution in [0, 0.1) is 20.8 Å². The van der Waals surface area contributed by atoms with Gasteiger partial charge in [0.25, 0.3) is 15.9 Å². The molecule has 0 fully saturated rings. The van der Waals surface area contributed by atoms with E-state index in [0.29, 0.717) is 11.4 Å². The number of nitrogens with one attached hydrogen (secondary N) is 2. The maximum atomic E-state index is 13.2. The normalized spacial score (nSPS) is 11.8. The van der Waals surface area contributed by atoms with Gasteiger partial charge >= 0.3 is 0 Å². The predicted octanol–water partition coefficient (Wildman–Crippen LogP) is 4.01. The molecule has 0 aliphatic carbocycles. The van der Waals surface area contributed by atoms with Crippen LogP contribution in [-0.2, 0) is 15.4 Å². The number of anilines is 1. The molecule has 2 aromatic heterocycles. The highest BCUT2D eigenvalue weighted by atomic mass is 32.2. The van der Waals surface area contributed by atoms with Crippen LogP contribution in [0.2, 0.25) is 0 Å². The van der Waals surface area contributed by atoms with E-state index in [0.717, 1.165) is 16.7 Å². The summed E-state index contributed by atoms with van der Waals surface area (Å²) in [7, 11) is -4.30. The molecule has 3 aromatic rings. The summed E-state index contributed by atoms with van der Waals surface area (Å²) in [4.78, 5) is 21.8. The van der Waals surface area contributed by atoms with Gasteiger partial charge in [-0.1, -0.05) is 44.5 Å². The van der Waals surface area contributed by atoms with Gasteiger partial charge in [0.2, 0.25) is 5.88 Å². The zero-order valence-electron chi connectivity index (χ0n) is 21.3. The Morgan fingerprint density at radius 3 is 2.31 bits per heavy atom. The zero-order chi connectivity index (χ0) is 26.7. The van der Waals surface area contributed by atoms with Crippen LogP contribution in [0.25, 0.3) is 0 Å². The van der Waals surface area contributed by atoms with E-state index in [1.807, 2.05) is 53.7 Å². The number of aliphatic hydroxyl groups excluding tert-OH is 1. The number of sulfonamides is 1. The van der Waals surface area contributed by atoms with E-state index < -0.39 is 15.9 Å². The van der Waals surface area contributed by atoms with Crippen molar-refractivity contribution in [1.82, 2.24) is 14.7 Å². The Hall–Kier alpha value is -3.50. The number of benzene rings is 1. The minimum absolute atomic E-state index is 0.0106. The number of pyridine rings is 2. The molecule has 0 saturated heterocycles. The van der Waals surface area contributed by atoms with Gasteiger partial charge in [0.1, 0.15) is 17.1 Å². The summed E-state index contributed by atoms with van der Waals surface area (Å²) in [5, 5.41) is 11.4. The van der Waals surface area contributed by atoms with Gasteiger partial charge in [-0.25, -0.2) is 14.7 Å². The number of hydrogen-bond acceptors (Lipinski definition) is 8. The van der Waals surface area contributed by atoms with E-state index >= 15 is 0 Å². The lowest BCUT2D eigenvalue weighted by Gasteiger charge is -2.21. The molecule has 0 aliphatic heterocycles. The van der Waals surface area contributed by atoms with Crippen molar-refractivity contribution in [2.24, 2.45) is 0 Å². The predicted molar refractivity (Wildman–Crippen MR) is 138 cm³/mol. The van der Waals surface area contributed by atoms with E-state index in [1.165, 1.54) is 18.2 Å². The van der Waals surface area contributed by atoms with Gasteiger partial charge in [-0.3, -0.25) is 4.79 Å². The van der Waals surface area contributed by atoms with Crippen LogP contribution in [0.3, 0.4) is 0 Å². The first-order chi connectivity index (χ1) is 16.8. The van der Waals surface area contributed by atoms with E-state index in [2.05, 4.69) is 20.0 Å². The summed E-state index contributed by atoms with van der Waals surface area (Å²) in [6, 6.07) is 11.4. The molecule has 36 heavy (non-hydrogen) atoms. The highest BCUT2D eigenvalue weighted by Crippen LogP contribution is 2.33. The van der Waals surface area contributed by atoms with Crippen molar-refractivity contribution < 1.29 is 23.1 Å². The number of amides is 1. The second-order valence-corrected chi connectivity index (χ2v) is 11.2. The minimum atomic E-state index is -4.30. The van der Waals surface area contributed by atoms with Crippen molar-refractivity contribution in [1.29, 1.82) is 0 Å². The van der Waals surface area contributed by atoms with Crippen LogP contribution in [0.15, 0.2) is 47.5 Å². The van der Waals surface area contributed by atoms with Gasteiger partial charge in [0.05, 0.1) is 6.61 Å². The Morgan fingerprint density at radius 2 is 1.69 bits per heavy atom. The Kier molecular flexibility index (Phi) is 8.00. The number of nitrogens with zero attached hydrogens (tertiary/aromatic N) is 2. The SMILES string of the molecule is Cc1cc(C)c(Oc2nc(C(C)(C)C)ccc2C(=O)NS(=O)(=O)c2cccc(NCCO)n2)c(C)c1. The summed E-state index contributed by atoms with van der Waals surface area (Å²) in [6.07, 6.45) is 0. The quantitative estimate of drug-likeness (QED) is 0.413. The molecule has 10 heteroatoms. The van der Waals surface area contributed by atoms with Crippen LogP contribution >= 0.6 is 0 Å². The Labute approximate surface area is 212 Å². The summed E-state index contributed by atoms with van der Waals surface area (Å²) < 4.78 is 34.1. The van der Waals surface area contributed by atoms with Crippen LogP contribution < -0.4 is 14.8 Å². The second kappa shape index (κ2) is 10.6. The smallest absolute Gasteiger partial charge is 0.281 e. The second-order valence-electron chi connectivity index (χ2n) is 9.58. The Bertz CT molecular complexity index is 1360. The van der Waals surface area contributed by atoms with Crippen LogP contribution in [-0.4, -0.2) is 42.6 Å². The zero-order valence-corrected chi connectivity index (χ0v) is 22.2. The van der Waals surface area contributed by atoms with E-state index in [1.54, 1.807) is 12.1 Å². The van der Waals surface area contributed by atoms with Crippen molar-refractivity contribution in [3.8, 4) is 11.6 Å². The number of hydrogen-bond donors (Lipinski definition) is 3. The van der Waals surface area contributed by atoms with Crippen molar-refractivity contribution in [3.05, 3.63) is 70.4 Å². The van der Waals surface area contributed by atoms with Gasteiger partial charge in [0, 0.05) is 17.7 Å². The summed E-state index contributed by atoms with van der Waals surface area (Å²) >= 11 is 0.